The van der Waals surface area contributed by atoms with Crippen LogP contribution in [-0.4, -0.2) is 55.7 Å². The highest BCUT2D eigenvalue weighted by molar-refractivity contribution is 5.73. The maximum Gasteiger partial charge on any atom is 0.245 e. The van der Waals surface area contributed by atoms with Crippen LogP contribution in [0.2, 0.25) is 0 Å². The zero-order valence-electron chi connectivity index (χ0n) is 14.7. The van der Waals surface area contributed by atoms with Gasteiger partial charge in [0.05, 0.1) is 12.4 Å². The van der Waals surface area contributed by atoms with Crippen molar-refractivity contribution in [2.75, 3.05) is 18.0 Å². The first-order valence-electron chi connectivity index (χ1n) is 8.64. The van der Waals surface area contributed by atoms with Gasteiger partial charge in [0.25, 0.3) is 0 Å². The first-order valence-corrected chi connectivity index (χ1v) is 8.64. The fraction of sp³-hybridized carbons (Fsp3) is 0.333. The number of rotatable bonds is 3. The molecule has 2 aromatic heterocycles. The topological polar surface area (TPSA) is 103 Å². The van der Waals surface area contributed by atoms with Crippen LogP contribution < -0.4 is 10.2 Å². The molecule has 1 aromatic carbocycles. The molecule has 0 unspecified atom stereocenters. The summed E-state index contributed by atoms with van der Waals surface area (Å²) < 4.78 is 0. The molecule has 0 saturated carbocycles. The highest BCUT2D eigenvalue weighted by atomic mass is 16.3. The molecule has 2 atom stereocenters. The van der Waals surface area contributed by atoms with E-state index in [1.165, 1.54) is 0 Å². The number of nitrogens with zero attached hydrogens (tertiary/aromatic N) is 5. The Hall–Kier alpha value is -3.00. The molecule has 1 aliphatic heterocycles. The highest BCUT2D eigenvalue weighted by Gasteiger charge is 2.24. The van der Waals surface area contributed by atoms with Gasteiger partial charge in [0.2, 0.25) is 5.95 Å². The lowest BCUT2D eigenvalue weighted by molar-refractivity contribution is 0.418. The van der Waals surface area contributed by atoms with Crippen molar-refractivity contribution in [2.45, 2.75) is 25.9 Å². The van der Waals surface area contributed by atoms with Gasteiger partial charge in [-0.05, 0) is 31.5 Å². The quantitative estimate of drug-likeness (QED) is 0.661. The normalized spacial score (nSPS) is 20.3. The molecule has 134 valence electrons. The fourth-order valence-corrected chi connectivity index (χ4v) is 3.16. The summed E-state index contributed by atoms with van der Waals surface area (Å²) in [5, 5.41) is 29.1. The Balaban J connectivity index is 1.59. The standard InChI is InChI=1S/C18H21N7O/c1-11-10-25(12(2)6-19-11)18-20-9-16(23-24-18)15-4-3-13(5-17(15)26)14-7-21-22-8-14/h3-5,7-9,11-12,19,26H,6,10H2,1-2H3,(H,21,22)/t11-,12+/m0/s1. The van der Waals surface area contributed by atoms with Gasteiger partial charge in [-0.1, -0.05) is 6.07 Å². The number of aromatic amines is 1. The second-order valence-corrected chi connectivity index (χ2v) is 6.67. The van der Waals surface area contributed by atoms with Crippen LogP contribution in [0.15, 0.2) is 36.8 Å². The number of anilines is 1. The van der Waals surface area contributed by atoms with Crippen LogP contribution in [0.4, 0.5) is 5.95 Å². The number of piperazine rings is 1. The van der Waals surface area contributed by atoms with E-state index in [-0.39, 0.29) is 5.75 Å². The molecule has 0 bridgehead atoms. The second kappa shape index (κ2) is 6.72. The van der Waals surface area contributed by atoms with Crippen molar-refractivity contribution in [3.8, 4) is 28.1 Å². The number of hydrogen-bond donors (Lipinski definition) is 3. The van der Waals surface area contributed by atoms with Crippen LogP contribution >= 0.6 is 0 Å². The van der Waals surface area contributed by atoms with Crippen LogP contribution in [0, 0.1) is 0 Å². The van der Waals surface area contributed by atoms with Gasteiger partial charge >= 0.3 is 0 Å². The van der Waals surface area contributed by atoms with Crippen LogP contribution in [-0.2, 0) is 0 Å². The Morgan fingerprint density at radius 2 is 2.04 bits per heavy atom. The van der Waals surface area contributed by atoms with Crippen molar-refractivity contribution in [1.29, 1.82) is 0 Å². The SMILES string of the molecule is C[C@@H]1CN[C@@H](C)CN1c1ncc(-c2ccc(-c3cn[nH]c3)cc2O)nn1. The molecule has 1 saturated heterocycles. The summed E-state index contributed by atoms with van der Waals surface area (Å²) >= 11 is 0. The van der Waals surface area contributed by atoms with E-state index in [0.717, 1.165) is 24.2 Å². The van der Waals surface area contributed by atoms with Gasteiger partial charge in [-0.25, -0.2) is 4.98 Å². The average molecular weight is 351 g/mol. The highest BCUT2D eigenvalue weighted by Crippen LogP contribution is 2.32. The van der Waals surface area contributed by atoms with Crippen LogP contribution in [0.25, 0.3) is 22.4 Å². The minimum atomic E-state index is 0.136. The van der Waals surface area contributed by atoms with Crippen LogP contribution in [0.5, 0.6) is 5.75 Å². The van der Waals surface area contributed by atoms with E-state index in [4.69, 9.17) is 0 Å². The third-order valence-electron chi connectivity index (χ3n) is 4.68. The Labute approximate surface area is 151 Å². The van der Waals surface area contributed by atoms with Gasteiger partial charge in [0.1, 0.15) is 11.4 Å². The van der Waals surface area contributed by atoms with E-state index in [2.05, 4.69) is 49.4 Å². The monoisotopic (exact) mass is 351 g/mol. The molecule has 3 heterocycles. The number of phenolic OH excluding ortho intramolecular Hbond substituents is 1. The van der Waals surface area contributed by atoms with E-state index >= 15 is 0 Å². The zero-order chi connectivity index (χ0) is 18.1. The number of hydrogen-bond acceptors (Lipinski definition) is 7. The Morgan fingerprint density at radius 1 is 1.15 bits per heavy atom. The molecule has 0 spiro atoms. The molecule has 0 aliphatic carbocycles. The molecule has 0 amide bonds. The van der Waals surface area contributed by atoms with Gasteiger partial charge in [0, 0.05) is 42.5 Å². The summed E-state index contributed by atoms with van der Waals surface area (Å²) in [6.07, 6.45) is 5.15. The van der Waals surface area contributed by atoms with E-state index in [1.54, 1.807) is 24.7 Å². The van der Waals surface area contributed by atoms with Crippen molar-refractivity contribution in [3.05, 3.63) is 36.8 Å². The van der Waals surface area contributed by atoms with Gasteiger partial charge in [-0.3, -0.25) is 5.10 Å². The maximum atomic E-state index is 10.4. The van der Waals surface area contributed by atoms with Crippen molar-refractivity contribution < 1.29 is 5.11 Å². The summed E-state index contributed by atoms with van der Waals surface area (Å²) in [6.45, 7) is 6.01. The van der Waals surface area contributed by atoms with E-state index in [1.807, 2.05) is 12.1 Å². The summed E-state index contributed by atoms with van der Waals surface area (Å²) in [5.74, 6) is 0.751. The Morgan fingerprint density at radius 3 is 2.73 bits per heavy atom. The molecular weight excluding hydrogens is 330 g/mol. The summed E-state index contributed by atoms with van der Waals surface area (Å²) in [4.78, 5) is 6.63. The Kier molecular flexibility index (Phi) is 4.26. The number of aromatic hydroxyl groups is 1. The fourth-order valence-electron chi connectivity index (χ4n) is 3.16. The Bertz CT molecular complexity index is 879. The zero-order valence-corrected chi connectivity index (χ0v) is 14.7. The number of phenols is 1. The molecule has 3 N–H and O–H groups in total. The van der Waals surface area contributed by atoms with Crippen molar-refractivity contribution in [3.63, 3.8) is 0 Å². The van der Waals surface area contributed by atoms with Gasteiger partial charge in [-0.15, -0.1) is 10.2 Å². The second-order valence-electron chi connectivity index (χ2n) is 6.67. The van der Waals surface area contributed by atoms with Crippen molar-refractivity contribution in [2.24, 2.45) is 0 Å². The van der Waals surface area contributed by atoms with E-state index < -0.39 is 0 Å². The molecule has 1 fully saturated rings. The lowest BCUT2D eigenvalue weighted by Crippen LogP contribution is -2.55. The molecule has 8 heteroatoms. The predicted molar refractivity (Wildman–Crippen MR) is 98.8 cm³/mol. The molecule has 8 nitrogen and oxygen atoms in total. The third kappa shape index (κ3) is 3.11. The molecule has 1 aliphatic rings. The molecule has 3 aromatic rings. The molecule has 0 radical (unpaired) electrons. The summed E-state index contributed by atoms with van der Waals surface area (Å²) in [7, 11) is 0. The smallest absolute Gasteiger partial charge is 0.245 e. The first-order chi connectivity index (χ1) is 12.6. The largest absolute Gasteiger partial charge is 0.507 e. The maximum absolute atomic E-state index is 10.4. The van der Waals surface area contributed by atoms with Gasteiger partial charge < -0.3 is 15.3 Å². The molecule has 26 heavy (non-hydrogen) atoms. The third-order valence-corrected chi connectivity index (χ3v) is 4.68. The van der Waals surface area contributed by atoms with Crippen LogP contribution in [0.1, 0.15) is 13.8 Å². The van der Waals surface area contributed by atoms with E-state index in [9.17, 15) is 5.11 Å². The summed E-state index contributed by atoms with van der Waals surface area (Å²) in [6, 6.07) is 6.11. The summed E-state index contributed by atoms with van der Waals surface area (Å²) in [5.41, 5.74) is 2.93. The minimum Gasteiger partial charge on any atom is -0.507 e. The number of benzene rings is 1. The average Bonchev–Trinajstić information content (AvgIpc) is 3.19. The number of nitrogens with one attached hydrogen (secondary N) is 2. The minimum absolute atomic E-state index is 0.136. The van der Waals surface area contributed by atoms with Crippen LogP contribution in [0.3, 0.4) is 0 Å². The first kappa shape index (κ1) is 16.5. The number of aromatic nitrogens is 5. The van der Waals surface area contributed by atoms with Crippen molar-refractivity contribution >= 4 is 5.95 Å². The lowest BCUT2D eigenvalue weighted by Gasteiger charge is -2.37. The predicted octanol–water partition coefficient (Wildman–Crippen LogP) is 1.82. The molecule has 4 rings (SSSR count). The molecular formula is C18H21N7O. The van der Waals surface area contributed by atoms with Gasteiger partial charge in [0.15, 0.2) is 0 Å². The lowest BCUT2D eigenvalue weighted by atomic mass is 10.0. The number of H-pyrrole nitrogens is 1. The van der Waals surface area contributed by atoms with E-state index in [0.29, 0.717) is 29.3 Å². The van der Waals surface area contributed by atoms with Gasteiger partial charge in [-0.2, -0.15) is 5.10 Å². The van der Waals surface area contributed by atoms with Crippen molar-refractivity contribution in [1.82, 2.24) is 30.7 Å².